The lowest BCUT2D eigenvalue weighted by molar-refractivity contribution is -0.114. The Morgan fingerprint density at radius 1 is 1.29 bits per heavy atom. The second-order valence-electron chi connectivity index (χ2n) is 8.72. The minimum absolute atomic E-state index is 0.179. The first-order chi connectivity index (χ1) is 17.1. The number of hydrogen-bond acceptors (Lipinski definition) is 8. The second kappa shape index (κ2) is 8.71. The van der Waals surface area contributed by atoms with Gasteiger partial charge in [-0.25, -0.2) is 19.9 Å². The Balaban J connectivity index is 1.47. The lowest BCUT2D eigenvalue weighted by Crippen LogP contribution is -2.37. The first kappa shape index (κ1) is 21.6. The van der Waals surface area contributed by atoms with Crippen molar-refractivity contribution in [1.82, 2.24) is 24.9 Å². The molecular formula is C25H24N6O4. The number of aromatic amines is 1. The second-order valence-corrected chi connectivity index (χ2v) is 8.72. The molecule has 2 N–H and O–H groups in total. The molecule has 1 atom stereocenters. The molecule has 0 aromatic carbocycles. The standard InChI is InChI=1S/C25H24N6O4/c1-15(32)30-23-8-18-19(10-27-21(18)11-28-23)20-9-22(34-12-16-2-5-26-14-29-16)17-3-6-35-25(24(17)31-20)4-7-33-13-25/h2,5,8-11,14,27H,3-4,6-7,12-13H2,1H3,(H,28,30,32). The van der Waals surface area contributed by atoms with E-state index in [1.54, 1.807) is 12.4 Å². The van der Waals surface area contributed by atoms with Crippen LogP contribution in [0.4, 0.5) is 5.82 Å². The topological polar surface area (TPSA) is 124 Å². The normalized spacial score (nSPS) is 19.1. The molecule has 10 heteroatoms. The molecule has 6 heterocycles. The molecule has 6 rings (SSSR count). The highest BCUT2D eigenvalue weighted by Gasteiger charge is 2.44. The van der Waals surface area contributed by atoms with E-state index < -0.39 is 5.60 Å². The van der Waals surface area contributed by atoms with E-state index >= 15 is 0 Å². The number of hydrogen-bond donors (Lipinski definition) is 2. The van der Waals surface area contributed by atoms with Crippen LogP contribution in [-0.2, 0) is 32.9 Å². The summed E-state index contributed by atoms with van der Waals surface area (Å²) in [6.07, 6.45) is 8.25. The van der Waals surface area contributed by atoms with E-state index in [1.165, 1.54) is 13.3 Å². The molecule has 0 bridgehead atoms. The summed E-state index contributed by atoms with van der Waals surface area (Å²) in [6, 6.07) is 5.65. The summed E-state index contributed by atoms with van der Waals surface area (Å²) in [6.45, 7) is 3.44. The molecule has 10 nitrogen and oxygen atoms in total. The number of anilines is 1. The van der Waals surface area contributed by atoms with E-state index in [9.17, 15) is 4.79 Å². The highest BCUT2D eigenvalue weighted by Crippen LogP contribution is 2.44. The maximum atomic E-state index is 11.6. The number of fused-ring (bicyclic) bond motifs is 3. The first-order valence-corrected chi connectivity index (χ1v) is 11.5. The van der Waals surface area contributed by atoms with Gasteiger partial charge in [-0.2, -0.15) is 0 Å². The summed E-state index contributed by atoms with van der Waals surface area (Å²) in [5.74, 6) is 1.05. The number of aromatic nitrogens is 5. The van der Waals surface area contributed by atoms with E-state index in [4.69, 9.17) is 19.2 Å². The molecule has 1 amide bonds. The van der Waals surface area contributed by atoms with Crippen molar-refractivity contribution in [2.24, 2.45) is 0 Å². The minimum Gasteiger partial charge on any atom is -0.487 e. The number of carbonyl (C=O) groups excluding carboxylic acids is 1. The summed E-state index contributed by atoms with van der Waals surface area (Å²) in [4.78, 5) is 32.5. The Labute approximate surface area is 201 Å². The molecule has 178 valence electrons. The van der Waals surface area contributed by atoms with Gasteiger partial charge < -0.3 is 24.5 Å². The maximum absolute atomic E-state index is 11.6. The van der Waals surface area contributed by atoms with Crippen molar-refractivity contribution in [2.75, 3.05) is 25.1 Å². The van der Waals surface area contributed by atoms with Crippen molar-refractivity contribution in [3.8, 4) is 17.0 Å². The number of ether oxygens (including phenoxy) is 3. The van der Waals surface area contributed by atoms with Gasteiger partial charge in [0.05, 0.1) is 42.0 Å². The average Bonchev–Trinajstić information content (AvgIpc) is 3.51. The van der Waals surface area contributed by atoms with E-state index in [2.05, 4.69) is 25.3 Å². The number of nitrogens with one attached hydrogen (secondary N) is 2. The van der Waals surface area contributed by atoms with Crippen molar-refractivity contribution in [3.05, 3.63) is 60.1 Å². The number of rotatable bonds is 5. The van der Waals surface area contributed by atoms with Crippen molar-refractivity contribution in [3.63, 3.8) is 0 Å². The van der Waals surface area contributed by atoms with Crippen molar-refractivity contribution >= 4 is 22.6 Å². The van der Waals surface area contributed by atoms with Crippen LogP contribution in [0.5, 0.6) is 5.75 Å². The molecule has 2 aliphatic rings. The fourth-order valence-corrected chi connectivity index (χ4v) is 4.73. The van der Waals surface area contributed by atoms with Crippen molar-refractivity contribution < 1.29 is 19.0 Å². The molecule has 1 saturated heterocycles. The molecule has 35 heavy (non-hydrogen) atoms. The molecule has 1 fully saturated rings. The molecule has 1 unspecified atom stereocenters. The fraction of sp³-hybridized carbons (Fsp3) is 0.320. The van der Waals surface area contributed by atoms with Crippen LogP contribution in [-0.4, -0.2) is 50.6 Å². The molecule has 2 aliphatic heterocycles. The highest BCUT2D eigenvalue weighted by molar-refractivity contribution is 5.97. The predicted octanol–water partition coefficient (Wildman–Crippen LogP) is 3.14. The first-order valence-electron chi connectivity index (χ1n) is 11.5. The minimum atomic E-state index is -0.578. The van der Waals surface area contributed by atoms with Crippen LogP contribution in [0, 0.1) is 0 Å². The molecule has 4 aromatic rings. The summed E-state index contributed by atoms with van der Waals surface area (Å²) in [5.41, 5.74) is 4.57. The zero-order valence-corrected chi connectivity index (χ0v) is 19.2. The molecule has 1 spiro atoms. The van der Waals surface area contributed by atoms with Crippen LogP contribution < -0.4 is 10.1 Å². The Bertz CT molecular complexity index is 1400. The van der Waals surface area contributed by atoms with Gasteiger partial charge >= 0.3 is 0 Å². The summed E-state index contributed by atoms with van der Waals surface area (Å²) < 4.78 is 18.3. The zero-order chi connectivity index (χ0) is 23.8. The molecule has 4 aromatic heterocycles. The van der Waals surface area contributed by atoms with E-state index in [0.717, 1.165) is 51.3 Å². The third-order valence-electron chi connectivity index (χ3n) is 6.40. The van der Waals surface area contributed by atoms with Crippen LogP contribution in [0.2, 0.25) is 0 Å². The van der Waals surface area contributed by atoms with Crippen LogP contribution in [0.25, 0.3) is 22.2 Å². The SMILES string of the molecule is CC(=O)Nc1cc2c(-c3cc(OCc4ccncn4)c4c(n3)C3(CCOC3)OCC4)c[nH]c2cn1. The Kier molecular flexibility index (Phi) is 5.39. The van der Waals surface area contributed by atoms with Gasteiger partial charge in [0, 0.05) is 61.3 Å². The fourth-order valence-electron chi connectivity index (χ4n) is 4.73. The Hall–Kier alpha value is -3.89. The van der Waals surface area contributed by atoms with Gasteiger partial charge in [-0.1, -0.05) is 0 Å². The van der Waals surface area contributed by atoms with Crippen LogP contribution >= 0.6 is 0 Å². The van der Waals surface area contributed by atoms with Gasteiger partial charge in [0.15, 0.2) is 0 Å². The number of H-pyrrole nitrogens is 1. The van der Waals surface area contributed by atoms with Gasteiger partial charge in [-0.15, -0.1) is 0 Å². The van der Waals surface area contributed by atoms with Crippen LogP contribution in [0.3, 0.4) is 0 Å². The quantitative estimate of drug-likeness (QED) is 0.454. The third kappa shape index (κ3) is 4.00. The van der Waals surface area contributed by atoms with Gasteiger partial charge in [0.2, 0.25) is 5.91 Å². The van der Waals surface area contributed by atoms with Gasteiger partial charge in [0.1, 0.15) is 30.1 Å². The Morgan fingerprint density at radius 3 is 3.03 bits per heavy atom. The van der Waals surface area contributed by atoms with Gasteiger partial charge in [0.25, 0.3) is 0 Å². The summed E-state index contributed by atoms with van der Waals surface area (Å²) in [5, 5.41) is 3.64. The largest absolute Gasteiger partial charge is 0.487 e. The molecular weight excluding hydrogens is 448 g/mol. The number of amides is 1. The number of nitrogens with zero attached hydrogens (tertiary/aromatic N) is 4. The highest BCUT2D eigenvalue weighted by atomic mass is 16.6. The lowest BCUT2D eigenvalue weighted by atomic mass is 9.89. The Morgan fingerprint density at radius 2 is 2.23 bits per heavy atom. The predicted molar refractivity (Wildman–Crippen MR) is 127 cm³/mol. The smallest absolute Gasteiger partial charge is 0.222 e. The van der Waals surface area contributed by atoms with Crippen molar-refractivity contribution in [2.45, 2.75) is 32.0 Å². The molecule has 0 aliphatic carbocycles. The van der Waals surface area contributed by atoms with Gasteiger partial charge in [-0.3, -0.25) is 4.79 Å². The number of carbonyl (C=O) groups is 1. The molecule has 0 radical (unpaired) electrons. The van der Waals surface area contributed by atoms with E-state index in [0.29, 0.717) is 38.7 Å². The van der Waals surface area contributed by atoms with E-state index in [-0.39, 0.29) is 5.91 Å². The van der Waals surface area contributed by atoms with Gasteiger partial charge in [-0.05, 0) is 12.1 Å². The maximum Gasteiger partial charge on any atom is 0.222 e. The lowest BCUT2D eigenvalue weighted by Gasteiger charge is -2.34. The van der Waals surface area contributed by atoms with Crippen LogP contribution in [0.15, 0.2) is 43.1 Å². The number of pyridine rings is 2. The van der Waals surface area contributed by atoms with E-state index in [1.807, 2.05) is 24.4 Å². The van der Waals surface area contributed by atoms with Crippen LogP contribution in [0.1, 0.15) is 30.3 Å². The average molecular weight is 473 g/mol. The zero-order valence-electron chi connectivity index (χ0n) is 19.2. The summed E-state index contributed by atoms with van der Waals surface area (Å²) in [7, 11) is 0. The summed E-state index contributed by atoms with van der Waals surface area (Å²) >= 11 is 0. The molecule has 0 saturated carbocycles. The third-order valence-corrected chi connectivity index (χ3v) is 6.40. The monoisotopic (exact) mass is 472 g/mol. The van der Waals surface area contributed by atoms with Crippen molar-refractivity contribution in [1.29, 1.82) is 0 Å².